The number of nitrogens with zero attached hydrogens (tertiary/aromatic N) is 3. The highest BCUT2D eigenvalue weighted by molar-refractivity contribution is 5.86. The van der Waals surface area contributed by atoms with Crippen LogP contribution in [0, 0.1) is 18.3 Å². The number of anilines is 1. The molecule has 0 fully saturated rings. The molecule has 3 rings (SSSR count). The van der Waals surface area contributed by atoms with E-state index in [0.29, 0.717) is 17.9 Å². The van der Waals surface area contributed by atoms with Crippen molar-refractivity contribution in [2.24, 2.45) is 0 Å². The number of rotatable bonds is 3. The number of aryl methyl sites for hydroxylation is 1. The van der Waals surface area contributed by atoms with E-state index in [0.717, 1.165) is 22.2 Å². The Morgan fingerprint density at radius 1 is 1.35 bits per heavy atom. The van der Waals surface area contributed by atoms with Crippen molar-refractivity contribution < 1.29 is 0 Å². The van der Waals surface area contributed by atoms with Crippen LogP contribution in [0.25, 0.3) is 10.9 Å². The number of fused-ring (bicyclic) bond motifs is 1. The highest BCUT2D eigenvalue weighted by Gasteiger charge is 2.06. The molecule has 0 radical (unpaired) electrons. The van der Waals surface area contributed by atoms with Crippen LogP contribution in [-0.4, -0.2) is 15.2 Å². The predicted molar refractivity (Wildman–Crippen MR) is 77.1 cm³/mol. The first kappa shape index (κ1) is 12.2. The van der Waals surface area contributed by atoms with Crippen LogP contribution in [0.1, 0.15) is 16.8 Å². The number of pyridine rings is 1. The molecular weight excluding hydrogens is 250 g/mol. The van der Waals surface area contributed by atoms with Crippen LogP contribution in [-0.2, 0) is 6.54 Å². The molecule has 20 heavy (non-hydrogen) atoms. The first-order chi connectivity index (χ1) is 9.78. The molecule has 3 aromatic rings. The summed E-state index contributed by atoms with van der Waals surface area (Å²) in [7, 11) is 0. The Hall–Kier alpha value is -2.87. The molecular formula is C15H13N5. The summed E-state index contributed by atoms with van der Waals surface area (Å²) in [6.45, 7) is 2.59. The lowest BCUT2D eigenvalue weighted by molar-refractivity contribution is 1.04. The number of aromatic amines is 1. The van der Waals surface area contributed by atoms with Crippen molar-refractivity contribution >= 4 is 16.7 Å². The molecule has 0 aliphatic carbocycles. The third-order valence-electron chi connectivity index (χ3n) is 3.23. The lowest BCUT2D eigenvalue weighted by Gasteiger charge is -2.07. The van der Waals surface area contributed by atoms with Crippen molar-refractivity contribution in [1.82, 2.24) is 15.2 Å². The van der Waals surface area contributed by atoms with Crippen molar-refractivity contribution in [2.75, 3.05) is 5.32 Å². The third-order valence-corrected chi connectivity index (χ3v) is 3.23. The van der Waals surface area contributed by atoms with E-state index in [4.69, 9.17) is 0 Å². The number of para-hydroxylation sites is 1. The molecule has 0 saturated heterocycles. The van der Waals surface area contributed by atoms with Crippen LogP contribution in [0.5, 0.6) is 0 Å². The molecule has 98 valence electrons. The molecule has 0 bridgehead atoms. The molecule has 2 heterocycles. The molecule has 0 spiro atoms. The van der Waals surface area contributed by atoms with Crippen LogP contribution in [0.3, 0.4) is 0 Å². The van der Waals surface area contributed by atoms with Gasteiger partial charge in [0.05, 0.1) is 23.3 Å². The summed E-state index contributed by atoms with van der Waals surface area (Å²) in [6.07, 6.45) is 1.79. The summed E-state index contributed by atoms with van der Waals surface area (Å²) >= 11 is 0. The Bertz CT molecular complexity index is 797. The standard InChI is InChI=1S/C15H13N5/c1-10-12(9-18-20-10)8-17-15-6-11(7-16)13-4-2-3-5-14(13)19-15/h2-6,9H,8H2,1H3,(H,17,19)(H,18,20). The minimum atomic E-state index is 0.624. The van der Waals surface area contributed by atoms with E-state index in [1.54, 1.807) is 12.3 Å². The Morgan fingerprint density at radius 2 is 2.20 bits per heavy atom. The maximum absolute atomic E-state index is 9.24. The summed E-state index contributed by atoms with van der Waals surface area (Å²) in [5.41, 5.74) is 3.55. The van der Waals surface area contributed by atoms with Crippen LogP contribution >= 0.6 is 0 Å². The van der Waals surface area contributed by atoms with E-state index in [1.165, 1.54) is 0 Å². The topological polar surface area (TPSA) is 77.4 Å². The molecule has 0 unspecified atom stereocenters. The van der Waals surface area contributed by atoms with Gasteiger partial charge >= 0.3 is 0 Å². The van der Waals surface area contributed by atoms with Crippen LogP contribution < -0.4 is 5.32 Å². The largest absolute Gasteiger partial charge is 0.366 e. The van der Waals surface area contributed by atoms with E-state index in [9.17, 15) is 5.26 Å². The number of aromatic nitrogens is 3. The fourth-order valence-electron chi connectivity index (χ4n) is 2.10. The fraction of sp³-hybridized carbons (Fsp3) is 0.133. The van der Waals surface area contributed by atoms with Gasteiger partial charge in [-0.3, -0.25) is 5.10 Å². The van der Waals surface area contributed by atoms with Gasteiger partial charge in [-0.1, -0.05) is 18.2 Å². The molecule has 1 aromatic carbocycles. The van der Waals surface area contributed by atoms with Crippen LogP contribution in [0.2, 0.25) is 0 Å². The lowest BCUT2D eigenvalue weighted by Crippen LogP contribution is -2.02. The summed E-state index contributed by atoms with van der Waals surface area (Å²) < 4.78 is 0. The van der Waals surface area contributed by atoms with Gasteiger partial charge in [0.15, 0.2) is 0 Å². The van der Waals surface area contributed by atoms with E-state index < -0.39 is 0 Å². The van der Waals surface area contributed by atoms with Gasteiger partial charge in [-0.2, -0.15) is 10.4 Å². The minimum absolute atomic E-state index is 0.624. The summed E-state index contributed by atoms with van der Waals surface area (Å²) in [5, 5.41) is 20.2. The molecule has 0 aliphatic rings. The van der Waals surface area contributed by atoms with Crippen molar-refractivity contribution in [3.8, 4) is 6.07 Å². The van der Waals surface area contributed by atoms with Gasteiger partial charge in [0.25, 0.3) is 0 Å². The van der Waals surface area contributed by atoms with Gasteiger partial charge < -0.3 is 5.32 Å². The Balaban J connectivity index is 1.92. The zero-order valence-corrected chi connectivity index (χ0v) is 11.0. The smallest absolute Gasteiger partial charge is 0.128 e. The molecule has 0 saturated carbocycles. The number of hydrogen-bond acceptors (Lipinski definition) is 4. The van der Waals surface area contributed by atoms with E-state index in [1.807, 2.05) is 31.2 Å². The fourth-order valence-corrected chi connectivity index (χ4v) is 2.10. The highest BCUT2D eigenvalue weighted by Crippen LogP contribution is 2.20. The molecule has 5 nitrogen and oxygen atoms in total. The highest BCUT2D eigenvalue weighted by atomic mass is 15.1. The van der Waals surface area contributed by atoms with Crippen molar-refractivity contribution in [3.63, 3.8) is 0 Å². The number of benzene rings is 1. The Kier molecular flexibility index (Phi) is 3.05. The summed E-state index contributed by atoms with van der Waals surface area (Å²) in [5.74, 6) is 0.695. The average molecular weight is 263 g/mol. The second kappa shape index (κ2) is 5.02. The summed E-state index contributed by atoms with van der Waals surface area (Å²) in [4.78, 5) is 4.52. The normalized spacial score (nSPS) is 10.4. The van der Waals surface area contributed by atoms with Gasteiger partial charge in [0.1, 0.15) is 5.82 Å². The Labute approximate surface area is 116 Å². The molecule has 0 aliphatic heterocycles. The molecule has 0 atom stereocenters. The first-order valence-electron chi connectivity index (χ1n) is 6.30. The maximum atomic E-state index is 9.24. The monoisotopic (exact) mass is 263 g/mol. The van der Waals surface area contributed by atoms with Crippen molar-refractivity contribution in [2.45, 2.75) is 13.5 Å². The number of nitriles is 1. The van der Waals surface area contributed by atoms with Crippen LogP contribution in [0.4, 0.5) is 5.82 Å². The Morgan fingerprint density at radius 3 is 2.95 bits per heavy atom. The number of H-pyrrole nitrogens is 1. The first-order valence-corrected chi connectivity index (χ1v) is 6.30. The molecule has 0 amide bonds. The zero-order valence-electron chi connectivity index (χ0n) is 11.0. The van der Waals surface area contributed by atoms with Gasteiger partial charge in [0.2, 0.25) is 0 Å². The van der Waals surface area contributed by atoms with Gasteiger partial charge in [-0.15, -0.1) is 0 Å². The quantitative estimate of drug-likeness (QED) is 0.761. The predicted octanol–water partition coefficient (Wildman–Crippen LogP) is 2.75. The summed E-state index contributed by atoms with van der Waals surface area (Å²) in [6, 6.07) is 11.6. The van der Waals surface area contributed by atoms with E-state index in [2.05, 4.69) is 26.6 Å². The third kappa shape index (κ3) is 2.19. The van der Waals surface area contributed by atoms with Crippen molar-refractivity contribution in [3.05, 3.63) is 53.3 Å². The minimum Gasteiger partial charge on any atom is -0.366 e. The zero-order chi connectivity index (χ0) is 13.9. The molecule has 2 N–H and O–H groups in total. The van der Waals surface area contributed by atoms with E-state index >= 15 is 0 Å². The second-order valence-electron chi connectivity index (χ2n) is 4.56. The molecule has 2 aromatic heterocycles. The number of nitrogens with one attached hydrogen (secondary N) is 2. The van der Waals surface area contributed by atoms with Gasteiger partial charge in [0, 0.05) is 23.2 Å². The lowest BCUT2D eigenvalue weighted by atomic mass is 10.1. The van der Waals surface area contributed by atoms with E-state index in [-0.39, 0.29) is 0 Å². The van der Waals surface area contributed by atoms with Gasteiger partial charge in [-0.25, -0.2) is 4.98 Å². The van der Waals surface area contributed by atoms with Gasteiger partial charge in [-0.05, 0) is 19.1 Å². The van der Waals surface area contributed by atoms with Crippen LogP contribution in [0.15, 0.2) is 36.5 Å². The SMILES string of the molecule is Cc1[nH]ncc1CNc1cc(C#N)c2ccccc2n1. The maximum Gasteiger partial charge on any atom is 0.128 e. The molecule has 5 heteroatoms. The average Bonchev–Trinajstić information content (AvgIpc) is 2.89. The second-order valence-corrected chi connectivity index (χ2v) is 4.56. The van der Waals surface area contributed by atoms with Crippen molar-refractivity contribution in [1.29, 1.82) is 5.26 Å². The number of hydrogen-bond donors (Lipinski definition) is 2.